The zero-order valence-corrected chi connectivity index (χ0v) is 18.7. The van der Waals surface area contributed by atoms with Crippen LogP contribution >= 0.6 is 0 Å². The molecule has 0 aliphatic rings. The maximum Gasteiger partial charge on any atom is 0.338 e. The van der Waals surface area contributed by atoms with Crippen molar-refractivity contribution in [3.05, 3.63) is 89.7 Å². The molecule has 0 N–H and O–H groups in total. The van der Waals surface area contributed by atoms with Crippen molar-refractivity contribution in [2.45, 2.75) is 33.2 Å². The van der Waals surface area contributed by atoms with Gasteiger partial charge in [0.1, 0.15) is 5.75 Å². The van der Waals surface area contributed by atoms with Crippen molar-refractivity contribution in [1.29, 1.82) is 0 Å². The third-order valence-electron chi connectivity index (χ3n) is 4.96. The third kappa shape index (κ3) is 6.17. The standard InChI is InChI=1S/C26H28N2O4/c1-4-31-26(30)22-7-11-23(12-8-22)28(17-20-6-5-15-27-16-20)25(29)18-32-24-13-9-21(10-14-24)19(2)3/h5-16,19H,4,17-18H2,1-3H3. The second kappa shape index (κ2) is 11.1. The second-order valence-corrected chi connectivity index (χ2v) is 7.62. The fourth-order valence-corrected chi connectivity index (χ4v) is 3.16. The van der Waals surface area contributed by atoms with E-state index in [1.165, 1.54) is 5.56 Å². The Morgan fingerprint density at radius 2 is 1.72 bits per heavy atom. The van der Waals surface area contributed by atoms with Crippen LogP contribution < -0.4 is 9.64 Å². The molecule has 0 saturated heterocycles. The van der Waals surface area contributed by atoms with Crippen LogP contribution in [0, 0.1) is 0 Å². The molecule has 0 fully saturated rings. The zero-order valence-electron chi connectivity index (χ0n) is 18.7. The summed E-state index contributed by atoms with van der Waals surface area (Å²) in [6, 6.07) is 18.3. The predicted octanol–water partition coefficient (Wildman–Crippen LogP) is 4.99. The summed E-state index contributed by atoms with van der Waals surface area (Å²) in [7, 11) is 0. The summed E-state index contributed by atoms with van der Waals surface area (Å²) in [4.78, 5) is 30.8. The predicted molar refractivity (Wildman–Crippen MR) is 124 cm³/mol. The lowest BCUT2D eigenvalue weighted by molar-refractivity contribution is -0.120. The second-order valence-electron chi connectivity index (χ2n) is 7.62. The number of pyridine rings is 1. The first-order chi connectivity index (χ1) is 15.5. The highest BCUT2D eigenvalue weighted by Crippen LogP contribution is 2.21. The van der Waals surface area contributed by atoms with Gasteiger partial charge in [0.15, 0.2) is 6.61 Å². The van der Waals surface area contributed by atoms with E-state index in [2.05, 4.69) is 18.8 Å². The smallest absolute Gasteiger partial charge is 0.338 e. The van der Waals surface area contributed by atoms with Gasteiger partial charge >= 0.3 is 5.97 Å². The molecule has 6 nitrogen and oxygen atoms in total. The lowest BCUT2D eigenvalue weighted by Gasteiger charge is -2.23. The van der Waals surface area contributed by atoms with Crippen LogP contribution in [0.4, 0.5) is 5.69 Å². The van der Waals surface area contributed by atoms with Crippen LogP contribution in [0.1, 0.15) is 48.2 Å². The normalized spacial score (nSPS) is 10.6. The molecular weight excluding hydrogens is 404 g/mol. The molecule has 3 rings (SSSR count). The molecule has 0 saturated carbocycles. The highest BCUT2D eigenvalue weighted by Gasteiger charge is 2.18. The van der Waals surface area contributed by atoms with E-state index in [-0.39, 0.29) is 12.5 Å². The van der Waals surface area contributed by atoms with Gasteiger partial charge in [-0.05, 0) is 66.4 Å². The Labute approximate surface area is 188 Å². The monoisotopic (exact) mass is 432 g/mol. The molecule has 2 aromatic carbocycles. The van der Waals surface area contributed by atoms with Gasteiger partial charge in [-0.2, -0.15) is 0 Å². The van der Waals surface area contributed by atoms with Gasteiger partial charge in [0.25, 0.3) is 5.91 Å². The molecule has 6 heteroatoms. The number of carbonyl (C=O) groups is 2. The Hall–Kier alpha value is -3.67. The summed E-state index contributed by atoms with van der Waals surface area (Å²) < 4.78 is 10.8. The quantitative estimate of drug-likeness (QED) is 0.446. The van der Waals surface area contributed by atoms with Crippen molar-refractivity contribution >= 4 is 17.6 Å². The van der Waals surface area contributed by atoms with Gasteiger partial charge in [-0.3, -0.25) is 9.78 Å². The highest BCUT2D eigenvalue weighted by atomic mass is 16.5. The summed E-state index contributed by atoms with van der Waals surface area (Å²) in [5.41, 5.74) is 3.19. The van der Waals surface area contributed by atoms with Gasteiger partial charge in [0, 0.05) is 18.1 Å². The molecule has 166 valence electrons. The minimum absolute atomic E-state index is 0.110. The van der Waals surface area contributed by atoms with E-state index < -0.39 is 5.97 Å². The average Bonchev–Trinajstić information content (AvgIpc) is 2.82. The van der Waals surface area contributed by atoms with E-state index in [9.17, 15) is 9.59 Å². The molecule has 0 aliphatic carbocycles. The Kier molecular flexibility index (Phi) is 7.97. The number of hydrogen-bond acceptors (Lipinski definition) is 5. The summed E-state index contributed by atoms with van der Waals surface area (Å²) in [5.74, 6) is 0.475. The van der Waals surface area contributed by atoms with Crippen LogP contribution in [-0.2, 0) is 16.1 Å². The van der Waals surface area contributed by atoms with Crippen molar-refractivity contribution in [1.82, 2.24) is 4.98 Å². The number of rotatable bonds is 9. The number of ether oxygens (including phenoxy) is 2. The van der Waals surface area contributed by atoms with E-state index in [1.807, 2.05) is 36.4 Å². The van der Waals surface area contributed by atoms with Gasteiger partial charge in [-0.25, -0.2) is 4.79 Å². The number of hydrogen-bond donors (Lipinski definition) is 0. The molecule has 0 aliphatic heterocycles. The Morgan fingerprint density at radius 1 is 1.00 bits per heavy atom. The number of amides is 1. The number of benzene rings is 2. The number of esters is 1. The summed E-state index contributed by atoms with van der Waals surface area (Å²) in [6.07, 6.45) is 3.41. The van der Waals surface area contributed by atoms with Crippen LogP contribution in [0.2, 0.25) is 0 Å². The Bertz CT molecular complexity index is 1020. The van der Waals surface area contributed by atoms with Crippen LogP contribution in [0.15, 0.2) is 73.1 Å². The molecule has 0 atom stereocenters. The maximum absolute atomic E-state index is 13.1. The van der Waals surface area contributed by atoms with E-state index in [1.54, 1.807) is 48.5 Å². The largest absolute Gasteiger partial charge is 0.484 e. The van der Waals surface area contributed by atoms with Gasteiger partial charge in [0.2, 0.25) is 0 Å². The Morgan fingerprint density at radius 3 is 2.31 bits per heavy atom. The van der Waals surface area contributed by atoms with E-state index in [0.29, 0.717) is 36.1 Å². The topological polar surface area (TPSA) is 68.7 Å². The molecule has 32 heavy (non-hydrogen) atoms. The summed E-state index contributed by atoms with van der Waals surface area (Å²) in [5, 5.41) is 0. The fraction of sp³-hybridized carbons (Fsp3) is 0.269. The summed E-state index contributed by atoms with van der Waals surface area (Å²) in [6.45, 7) is 6.55. The third-order valence-corrected chi connectivity index (χ3v) is 4.96. The number of nitrogens with zero attached hydrogens (tertiary/aromatic N) is 2. The first-order valence-corrected chi connectivity index (χ1v) is 10.7. The fourth-order valence-electron chi connectivity index (χ4n) is 3.16. The molecular formula is C26H28N2O4. The Balaban J connectivity index is 1.76. The number of aromatic nitrogens is 1. The lowest BCUT2D eigenvalue weighted by atomic mass is 10.0. The minimum Gasteiger partial charge on any atom is -0.484 e. The zero-order chi connectivity index (χ0) is 22.9. The van der Waals surface area contributed by atoms with Gasteiger partial charge in [-0.1, -0.05) is 32.0 Å². The molecule has 1 amide bonds. The average molecular weight is 433 g/mol. The van der Waals surface area contributed by atoms with Crippen molar-refractivity contribution < 1.29 is 19.1 Å². The molecule has 0 radical (unpaired) electrons. The van der Waals surface area contributed by atoms with Crippen LogP contribution in [0.3, 0.4) is 0 Å². The van der Waals surface area contributed by atoms with Crippen LogP contribution in [-0.4, -0.2) is 30.1 Å². The van der Waals surface area contributed by atoms with Crippen LogP contribution in [0.25, 0.3) is 0 Å². The van der Waals surface area contributed by atoms with Gasteiger partial charge < -0.3 is 14.4 Å². The van der Waals surface area contributed by atoms with E-state index in [0.717, 1.165) is 5.56 Å². The molecule has 0 spiro atoms. The van der Waals surface area contributed by atoms with Crippen molar-refractivity contribution in [2.75, 3.05) is 18.1 Å². The minimum atomic E-state index is -0.391. The first-order valence-electron chi connectivity index (χ1n) is 10.7. The SMILES string of the molecule is CCOC(=O)c1ccc(N(Cc2cccnc2)C(=O)COc2ccc(C(C)C)cc2)cc1. The number of anilines is 1. The van der Waals surface area contributed by atoms with Gasteiger partial charge in [-0.15, -0.1) is 0 Å². The van der Waals surface area contributed by atoms with E-state index >= 15 is 0 Å². The summed E-state index contributed by atoms with van der Waals surface area (Å²) >= 11 is 0. The lowest BCUT2D eigenvalue weighted by Crippen LogP contribution is -2.34. The first kappa shape index (κ1) is 23.0. The van der Waals surface area contributed by atoms with Gasteiger partial charge in [0.05, 0.1) is 18.7 Å². The maximum atomic E-state index is 13.1. The molecule has 0 unspecified atom stereocenters. The number of carbonyl (C=O) groups excluding carboxylic acids is 2. The molecule has 1 aromatic heterocycles. The van der Waals surface area contributed by atoms with Crippen molar-refractivity contribution in [2.24, 2.45) is 0 Å². The van der Waals surface area contributed by atoms with Crippen molar-refractivity contribution in [3.63, 3.8) is 0 Å². The van der Waals surface area contributed by atoms with Crippen LogP contribution in [0.5, 0.6) is 5.75 Å². The molecule has 3 aromatic rings. The molecule has 0 bridgehead atoms. The molecule has 1 heterocycles. The van der Waals surface area contributed by atoms with Crippen molar-refractivity contribution in [3.8, 4) is 5.75 Å². The highest BCUT2D eigenvalue weighted by molar-refractivity contribution is 5.95. The van der Waals surface area contributed by atoms with E-state index in [4.69, 9.17) is 9.47 Å².